The van der Waals surface area contributed by atoms with Crippen molar-refractivity contribution in [3.63, 3.8) is 0 Å². The third-order valence-electron chi connectivity index (χ3n) is 10.4. The van der Waals surface area contributed by atoms with Crippen molar-refractivity contribution in [1.29, 1.82) is 0 Å². The highest BCUT2D eigenvalue weighted by Crippen LogP contribution is 2.27. The Balaban J connectivity index is 1.03. The standard InChI is InChI=1S/C47H70N2O8/c1-3-5-7-9-11-13-15-17-19-21-23-25-34-52-38-30-32-40-42(36-38)54-46(48-40)56-44(50)28-27-29-45(51)57-47-49-41-33-31-39(37-43(41)55-47)53-35-26-24-22-20-18-16-14-12-10-8-6-4-2/h30-33,36-37H,3-29,34-35H2,1-2H3. The zero-order valence-corrected chi connectivity index (χ0v) is 35.1. The van der Waals surface area contributed by atoms with Gasteiger partial charge in [-0.3, -0.25) is 9.59 Å². The first-order valence-corrected chi connectivity index (χ1v) is 22.5. The largest absolute Gasteiger partial charge is 0.493 e. The molecule has 0 aliphatic heterocycles. The van der Waals surface area contributed by atoms with Crippen molar-refractivity contribution in [3.05, 3.63) is 36.4 Å². The van der Waals surface area contributed by atoms with Gasteiger partial charge in [0.25, 0.3) is 0 Å². The lowest BCUT2D eigenvalue weighted by Gasteiger charge is -2.06. The zero-order valence-electron chi connectivity index (χ0n) is 35.1. The molecule has 0 fully saturated rings. The molecule has 10 heteroatoms. The van der Waals surface area contributed by atoms with Crippen LogP contribution in [0.1, 0.15) is 187 Å². The topological polar surface area (TPSA) is 123 Å². The molecule has 57 heavy (non-hydrogen) atoms. The summed E-state index contributed by atoms with van der Waals surface area (Å²) in [6, 6.07) is 10.8. The van der Waals surface area contributed by atoms with Gasteiger partial charge in [-0.1, -0.05) is 155 Å². The van der Waals surface area contributed by atoms with E-state index in [2.05, 4.69) is 23.8 Å². The van der Waals surface area contributed by atoms with Crippen molar-refractivity contribution in [2.24, 2.45) is 0 Å². The third kappa shape index (κ3) is 19.3. The van der Waals surface area contributed by atoms with Crippen molar-refractivity contribution >= 4 is 34.1 Å². The van der Waals surface area contributed by atoms with Crippen LogP contribution in [0.3, 0.4) is 0 Å². The average molecular weight is 791 g/mol. The molecule has 0 aliphatic carbocycles. The second kappa shape index (κ2) is 28.3. The molecule has 0 unspecified atom stereocenters. The normalized spacial score (nSPS) is 11.4. The number of hydrogen-bond acceptors (Lipinski definition) is 10. The summed E-state index contributed by atoms with van der Waals surface area (Å²) >= 11 is 0. The minimum Gasteiger partial charge on any atom is -0.493 e. The molecule has 0 bridgehead atoms. The summed E-state index contributed by atoms with van der Waals surface area (Å²) < 4.78 is 33.7. The van der Waals surface area contributed by atoms with Crippen LogP contribution < -0.4 is 18.9 Å². The number of oxazole rings is 2. The van der Waals surface area contributed by atoms with Crippen LogP contribution in [0.25, 0.3) is 22.2 Å². The van der Waals surface area contributed by atoms with Crippen LogP contribution in [0.5, 0.6) is 23.7 Å². The van der Waals surface area contributed by atoms with Crippen molar-refractivity contribution in [2.75, 3.05) is 13.2 Å². The monoisotopic (exact) mass is 791 g/mol. The number of benzene rings is 2. The fraction of sp³-hybridized carbons (Fsp3) is 0.660. The first-order valence-electron chi connectivity index (χ1n) is 22.5. The van der Waals surface area contributed by atoms with Crippen LogP contribution in [0.15, 0.2) is 45.2 Å². The minimum absolute atomic E-state index is 0.0192. The Kier molecular flexibility index (Phi) is 22.7. The number of hydrogen-bond donors (Lipinski definition) is 0. The van der Waals surface area contributed by atoms with Gasteiger partial charge in [-0.05, 0) is 43.5 Å². The highest BCUT2D eigenvalue weighted by atomic mass is 16.6. The summed E-state index contributed by atoms with van der Waals surface area (Å²) in [5.41, 5.74) is 2.08. The van der Waals surface area contributed by atoms with Gasteiger partial charge in [0.1, 0.15) is 22.5 Å². The molecule has 0 aliphatic rings. The van der Waals surface area contributed by atoms with E-state index in [1.165, 1.54) is 128 Å². The molecule has 0 spiro atoms. The number of ether oxygens (including phenoxy) is 4. The SMILES string of the molecule is CCCCCCCCCCCCCCOc1ccc2nc(OC(=O)CCCC(=O)Oc3nc4ccc(OCCCCCCCCCCCCCC)cc4o3)oc2c1. The number of aromatic nitrogens is 2. The predicted molar refractivity (Wildman–Crippen MR) is 226 cm³/mol. The van der Waals surface area contributed by atoms with Crippen LogP contribution in [-0.4, -0.2) is 35.1 Å². The van der Waals surface area contributed by atoms with Gasteiger partial charge in [-0.2, -0.15) is 9.97 Å². The first kappa shape index (κ1) is 45.6. The van der Waals surface area contributed by atoms with Gasteiger partial charge in [0.05, 0.1) is 13.2 Å². The highest BCUT2D eigenvalue weighted by molar-refractivity contribution is 5.78. The molecular formula is C47H70N2O8. The van der Waals surface area contributed by atoms with Gasteiger partial charge in [0.2, 0.25) is 0 Å². The van der Waals surface area contributed by atoms with E-state index < -0.39 is 11.9 Å². The Morgan fingerprint density at radius 1 is 0.456 bits per heavy atom. The second-order valence-corrected chi connectivity index (χ2v) is 15.5. The molecule has 4 aromatic rings. The smallest absolute Gasteiger partial charge is 0.402 e. The van der Waals surface area contributed by atoms with Crippen LogP contribution in [0, 0.1) is 0 Å². The fourth-order valence-corrected chi connectivity index (χ4v) is 6.97. The van der Waals surface area contributed by atoms with Crippen LogP contribution in [0.4, 0.5) is 0 Å². The van der Waals surface area contributed by atoms with Gasteiger partial charge in [-0.25, -0.2) is 0 Å². The van der Waals surface area contributed by atoms with E-state index in [9.17, 15) is 9.59 Å². The van der Waals surface area contributed by atoms with Crippen molar-refractivity contribution < 1.29 is 37.4 Å². The van der Waals surface area contributed by atoms with Gasteiger partial charge in [0, 0.05) is 25.0 Å². The Morgan fingerprint density at radius 3 is 1.14 bits per heavy atom. The lowest BCUT2D eigenvalue weighted by molar-refractivity contribution is -0.137. The summed E-state index contributed by atoms with van der Waals surface area (Å²) in [6.45, 7) is 5.81. The summed E-state index contributed by atoms with van der Waals surface area (Å²) in [5, 5.41) is 0. The Hall–Kier alpha value is -4.08. The summed E-state index contributed by atoms with van der Waals surface area (Å²) in [4.78, 5) is 33.4. The van der Waals surface area contributed by atoms with Gasteiger partial charge < -0.3 is 27.8 Å². The Labute approximate surface area is 341 Å². The lowest BCUT2D eigenvalue weighted by atomic mass is 10.1. The fourth-order valence-electron chi connectivity index (χ4n) is 6.97. The predicted octanol–water partition coefficient (Wildman–Crippen LogP) is 13.8. The van der Waals surface area contributed by atoms with Crippen LogP contribution in [0.2, 0.25) is 0 Å². The maximum Gasteiger partial charge on any atom is 0.402 e. The summed E-state index contributed by atoms with van der Waals surface area (Å²) in [6.07, 6.45) is 31.1. The first-order chi connectivity index (χ1) is 28.0. The molecule has 0 saturated carbocycles. The van der Waals surface area contributed by atoms with Gasteiger partial charge in [0.15, 0.2) is 11.2 Å². The van der Waals surface area contributed by atoms with Crippen molar-refractivity contribution in [3.8, 4) is 23.7 Å². The molecule has 0 amide bonds. The second-order valence-electron chi connectivity index (χ2n) is 15.5. The number of carbonyl (C=O) groups is 2. The molecule has 316 valence electrons. The molecule has 2 heterocycles. The van der Waals surface area contributed by atoms with Crippen LogP contribution >= 0.6 is 0 Å². The number of esters is 2. The number of fused-ring (bicyclic) bond motifs is 2. The molecule has 10 nitrogen and oxygen atoms in total. The molecule has 0 radical (unpaired) electrons. The third-order valence-corrected chi connectivity index (χ3v) is 10.4. The number of carbonyl (C=O) groups excluding carboxylic acids is 2. The molecule has 0 saturated heterocycles. The van der Waals surface area contributed by atoms with E-state index in [1.54, 1.807) is 24.3 Å². The number of nitrogens with zero attached hydrogens (tertiary/aromatic N) is 2. The minimum atomic E-state index is -0.560. The molecular weight excluding hydrogens is 721 g/mol. The molecule has 0 atom stereocenters. The zero-order chi connectivity index (χ0) is 40.2. The van der Waals surface area contributed by atoms with Gasteiger partial charge >= 0.3 is 24.1 Å². The molecule has 2 aromatic heterocycles. The van der Waals surface area contributed by atoms with Gasteiger partial charge in [-0.15, -0.1) is 0 Å². The lowest BCUT2D eigenvalue weighted by Crippen LogP contribution is -2.11. The molecule has 4 rings (SSSR count). The van der Waals surface area contributed by atoms with E-state index >= 15 is 0 Å². The van der Waals surface area contributed by atoms with E-state index in [1.807, 2.05) is 12.1 Å². The van der Waals surface area contributed by atoms with E-state index in [4.69, 9.17) is 27.8 Å². The van der Waals surface area contributed by atoms with Crippen molar-refractivity contribution in [1.82, 2.24) is 9.97 Å². The highest BCUT2D eigenvalue weighted by Gasteiger charge is 2.16. The molecule has 2 aromatic carbocycles. The van der Waals surface area contributed by atoms with E-state index in [0.29, 0.717) is 46.9 Å². The Bertz CT molecular complexity index is 1560. The average Bonchev–Trinajstić information content (AvgIpc) is 3.80. The van der Waals surface area contributed by atoms with E-state index in [-0.39, 0.29) is 31.4 Å². The van der Waals surface area contributed by atoms with E-state index in [0.717, 1.165) is 25.7 Å². The maximum absolute atomic E-state index is 12.5. The summed E-state index contributed by atoms with van der Waals surface area (Å²) in [7, 11) is 0. The quantitative estimate of drug-likeness (QED) is 0.0334. The maximum atomic E-state index is 12.5. The van der Waals surface area contributed by atoms with Crippen molar-refractivity contribution in [2.45, 2.75) is 187 Å². The summed E-state index contributed by atoms with van der Waals surface area (Å²) in [5.74, 6) is 0.262. The number of unbranched alkanes of at least 4 members (excludes halogenated alkanes) is 22. The number of rotatable bonds is 34. The van der Waals surface area contributed by atoms with Crippen LogP contribution in [-0.2, 0) is 9.59 Å². The Morgan fingerprint density at radius 2 is 0.789 bits per heavy atom. The molecule has 0 N–H and O–H groups in total.